The van der Waals surface area contributed by atoms with Crippen molar-refractivity contribution in [1.82, 2.24) is 0 Å². The fraction of sp³-hybridized carbons (Fsp3) is 0.333. The lowest BCUT2D eigenvalue weighted by Gasteiger charge is -2.28. The summed E-state index contributed by atoms with van der Waals surface area (Å²) in [6.45, 7) is 3.75. The van der Waals surface area contributed by atoms with Gasteiger partial charge in [0, 0.05) is 18.0 Å². The van der Waals surface area contributed by atoms with Crippen LogP contribution in [-0.2, 0) is 22.4 Å². The lowest BCUT2D eigenvalue weighted by molar-refractivity contribution is -0.127. The second-order valence-corrected chi connectivity index (χ2v) is 6.91. The molecule has 3 rings (SSSR count). The summed E-state index contributed by atoms with van der Waals surface area (Å²) in [4.78, 5) is 27.4. The molecular formula is C21H24N2O2. The second-order valence-electron chi connectivity index (χ2n) is 6.91. The summed E-state index contributed by atoms with van der Waals surface area (Å²) in [5, 5.41) is 0. The Labute approximate surface area is 148 Å². The molecule has 4 heteroatoms. The van der Waals surface area contributed by atoms with Gasteiger partial charge in [-0.1, -0.05) is 62.4 Å². The molecule has 2 aromatic carbocycles. The van der Waals surface area contributed by atoms with E-state index in [9.17, 15) is 9.59 Å². The van der Waals surface area contributed by atoms with Crippen molar-refractivity contribution in [1.29, 1.82) is 0 Å². The van der Waals surface area contributed by atoms with Crippen LogP contribution in [0.4, 0.5) is 5.69 Å². The highest BCUT2D eigenvalue weighted by atomic mass is 16.2. The van der Waals surface area contributed by atoms with E-state index in [-0.39, 0.29) is 17.6 Å². The highest BCUT2D eigenvalue weighted by molar-refractivity contribution is 6.06. The van der Waals surface area contributed by atoms with Gasteiger partial charge in [0.15, 0.2) is 5.78 Å². The number of carbonyl (C=O) groups is 2. The van der Waals surface area contributed by atoms with E-state index in [0.29, 0.717) is 12.8 Å². The zero-order chi connectivity index (χ0) is 18.0. The minimum atomic E-state index is -0.670. The first-order chi connectivity index (χ1) is 12.0. The number of anilines is 1. The standard InChI is InChI=1S/C21H24N2O2/c1-14(2)20(24)19-13-16-10-6-7-11-18(16)23(19)21(25)17(22)12-15-8-4-3-5-9-15/h3-11,14,17,19H,12-13,22H2,1-2H3/t17-,19-/m0/s1. The minimum Gasteiger partial charge on any atom is -0.320 e. The Hall–Kier alpha value is -2.46. The van der Waals surface area contributed by atoms with Crippen LogP contribution in [0.15, 0.2) is 54.6 Å². The number of hydrogen-bond acceptors (Lipinski definition) is 3. The van der Waals surface area contributed by atoms with Crippen molar-refractivity contribution < 1.29 is 9.59 Å². The quantitative estimate of drug-likeness (QED) is 0.913. The van der Waals surface area contributed by atoms with Crippen molar-refractivity contribution in [2.24, 2.45) is 11.7 Å². The van der Waals surface area contributed by atoms with Crippen molar-refractivity contribution in [3.8, 4) is 0 Å². The van der Waals surface area contributed by atoms with E-state index < -0.39 is 12.1 Å². The lowest BCUT2D eigenvalue weighted by atomic mass is 9.97. The van der Waals surface area contributed by atoms with E-state index in [1.165, 1.54) is 0 Å². The van der Waals surface area contributed by atoms with E-state index in [0.717, 1.165) is 16.8 Å². The first-order valence-corrected chi connectivity index (χ1v) is 8.73. The predicted octanol–water partition coefficient (Wildman–Crippen LogP) is 2.74. The third-order valence-corrected chi connectivity index (χ3v) is 4.73. The van der Waals surface area contributed by atoms with E-state index in [4.69, 9.17) is 5.73 Å². The van der Waals surface area contributed by atoms with Crippen LogP contribution in [-0.4, -0.2) is 23.8 Å². The van der Waals surface area contributed by atoms with Crippen LogP contribution in [0.1, 0.15) is 25.0 Å². The molecule has 0 spiro atoms. The summed E-state index contributed by atoms with van der Waals surface area (Å²) >= 11 is 0. The second kappa shape index (κ2) is 7.19. The number of hydrogen-bond donors (Lipinski definition) is 1. The Morgan fingerprint density at radius 2 is 1.72 bits per heavy atom. The van der Waals surface area contributed by atoms with Crippen LogP contribution in [0.25, 0.3) is 0 Å². The van der Waals surface area contributed by atoms with Gasteiger partial charge in [-0.15, -0.1) is 0 Å². The summed E-state index contributed by atoms with van der Waals surface area (Å²) in [5.74, 6) is -0.232. The maximum atomic E-state index is 13.1. The van der Waals surface area contributed by atoms with Crippen LogP contribution in [0.2, 0.25) is 0 Å². The Bertz CT molecular complexity index is 770. The highest BCUT2D eigenvalue weighted by Crippen LogP contribution is 2.34. The van der Waals surface area contributed by atoms with Crippen LogP contribution in [0.3, 0.4) is 0 Å². The average Bonchev–Trinajstić information content (AvgIpc) is 3.00. The van der Waals surface area contributed by atoms with Gasteiger partial charge in [0.2, 0.25) is 5.91 Å². The zero-order valence-electron chi connectivity index (χ0n) is 14.7. The van der Waals surface area contributed by atoms with Crippen molar-refractivity contribution in [2.75, 3.05) is 4.90 Å². The van der Waals surface area contributed by atoms with Gasteiger partial charge in [-0.25, -0.2) is 0 Å². The van der Waals surface area contributed by atoms with Gasteiger partial charge >= 0.3 is 0 Å². The molecular weight excluding hydrogens is 312 g/mol. The van der Waals surface area contributed by atoms with Crippen LogP contribution in [0, 0.1) is 5.92 Å². The van der Waals surface area contributed by atoms with E-state index in [1.54, 1.807) is 4.90 Å². The molecule has 0 saturated heterocycles. The van der Waals surface area contributed by atoms with E-state index in [1.807, 2.05) is 68.4 Å². The molecule has 2 aromatic rings. The van der Waals surface area contributed by atoms with Gasteiger partial charge in [-0.3, -0.25) is 14.5 Å². The molecule has 0 saturated carbocycles. The number of ketones is 1. The number of benzene rings is 2. The van der Waals surface area contributed by atoms with E-state index in [2.05, 4.69) is 0 Å². The SMILES string of the molecule is CC(C)C(=O)[C@@H]1Cc2ccccc2N1C(=O)[C@@H](N)Cc1ccccc1. The fourth-order valence-electron chi connectivity index (χ4n) is 3.40. The monoisotopic (exact) mass is 336 g/mol. The molecule has 0 bridgehead atoms. The highest BCUT2D eigenvalue weighted by Gasteiger charge is 2.40. The van der Waals surface area contributed by atoms with Gasteiger partial charge in [-0.05, 0) is 23.6 Å². The fourth-order valence-corrected chi connectivity index (χ4v) is 3.40. The molecule has 1 aliphatic rings. The molecule has 130 valence electrons. The normalized spacial score (nSPS) is 17.4. The van der Waals surface area contributed by atoms with Crippen LogP contribution >= 0.6 is 0 Å². The minimum absolute atomic E-state index is 0.0801. The smallest absolute Gasteiger partial charge is 0.244 e. The maximum Gasteiger partial charge on any atom is 0.244 e. The number of fused-ring (bicyclic) bond motifs is 1. The molecule has 1 heterocycles. The molecule has 0 aliphatic carbocycles. The van der Waals surface area contributed by atoms with E-state index >= 15 is 0 Å². The summed E-state index contributed by atoms with van der Waals surface area (Å²) in [5.41, 5.74) is 9.08. The van der Waals surface area contributed by atoms with Crippen molar-refractivity contribution >= 4 is 17.4 Å². The number of amides is 1. The molecule has 25 heavy (non-hydrogen) atoms. The number of carbonyl (C=O) groups excluding carboxylic acids is 2. The van der Waals surface area contributed by atoms with Gasteiger partial charge in [0.05, 0.1) is 12.1 Å². The molecule has 0 radical (unpaired) electrons. The predicted molar refractivity (Wildman–Crippen MR) is 99.4 cm³/mol. The van der Waals surface area contributed by atoms with Gasteiger partial charge in [0.1, 0.15) is 0 Å². The molecule has 2 atom stereocenters. The molecule has 0 aromatic heterocycles. The summed E-state index contributed by atoms with van der Waals surface area (Å²) in [7, 11) is 0. The third kappa shape index (κ3) is 3.49. The first-order valence-electron chi connectivity index (χ1n) is 8.73. The molecule has 1 aliphatic heterocycles. The summed E-state index contributed by atoms with van der Waals surface area (Å²) in [6.07, 6.45) is 1.03. The topological polar surface area (TPSA) is 63.4 Å². The Morgan fingerprint density at radius 1 is 1.08 bits per heavy atom. The maximum absolute atomic E-state index is 13.1. The molecule has 0 fully saturated rings. The number of rotatable bonds is 5. The zero-order valence-corrected chi connectivity index (χ0v) is 14.7. The van der Waals surface area contributed by atoms with Gasteiger partial charge < -0.3 is 5.73 Å². The van der Waals surface area contributed by atoms with Crippen LogP contribution in [0.5, 0.6) is 0 Å². The number of para-hydroxylation sites is 1. The Morgan fingerprint density at radius 3 is 2.40 bits per heavy atom. The average molecular weight is 336 g/mol. The number of nitrogens with zero attached hydrogens (tertiary/aromatic N) is 1. The summed E-state index contributed by atoms with van der Waals surface area (Å²) < 4.78 is 0. The third-order valence-electron chi connectivity index (χ3n) is 4.73. The van der Waals surface area contributed by atoms with Gasteiger partial charge in [0.25, 0.3) is 0 Å². The summed E-state index contributed by atoms with van der Waals surface area (Å²) in [6, 6.07) is 16.3. The van der Waals surface area contributed by atoms with Crippen molar-refractivity contribution in [3.05, 3.63) is 65.7 Å². The van der Waals surface area contributed by atoms with Crippen LogP contribution < -0.4 is 10.6 Å². The first kappa shape index (κ1) is 17.4. The molecule has 1 amide bonds. The lowest BCUT2D eigenvalue weighted by Crippen LogP contribution is -2.51. The Balaban J connectivity index is 1.88. The Kier molecular flexibility index (Phi) is 5.00. The molecule has 2 N–H and O–H groups in total. The van der Waals surface area contributed by atoms with Crippen molar-refractivity contribution in [2.45, 2.75) is 38.8 Å². The van der Waals surface area contributed by atoms with Gasteiger partial charge in [-0.2, -0.15) is 0 Å². The molecule has 4 nitrogen and oxygen atoms in total. The number of Topliss-reactive ketones (excluding diaryl/α,β-unsaturated/α-hetero) is 1. The molecule has 0 unspecified atom stereocenters. The number of nitrogens with two attached hydrogens (primary N) is 1. The van der Waals surface area contributed by atoms with Crippen molar-refractivity contribution in [3.63, 3.8) is 0 Å². The largest absolute Gasteiger partial charge is 0.320 e.